The lowest BCUT2D eigenvalue weighted by molar-refractivity contribution is -0.114. The van der Waals surface area contributed by atoms with E-state index in [1.54, 1.807) is 6.20 Å². The van der Waals surface area contributed by atoms with Gasteiger partial charge in [-0.1, -0.05) is 19.1 Å². The first-order valence-corrected chi connectivity index (χ1v) is 8.87. The van der Waals surface area contributed by atoms with Crippen LogP contribution >= 0.6 is 0 Å². The summed E-state index contributed by atoms with van der Waals surface area (Å²) in [6.45, 7) is 5.35. The molecule has 0 unspecified atom stereocenters. The number of carbonyl (C=O) groups excluding carboxylic acids is 1. The second kappa shape index (κ2) is 8.31. The molecule has 3 rings (SSSR count). The van der Waals surface area contributed by atoms with Crippen molar-refractivity contribution < 1.29 is 9.53 Å². The molecule has 142 valence electrons. The largest absolute Gasteiger partial charge is 0.473 e. The predicted octanol–water partition coefficient (Wildman–Crippen LogP) is 3.78. The molecule has 3 aromatic rings. The van der Waals surface area contributed by atoms with Gasteiger partial charge in [-0.3, -0.25) is 4.79 Å². The van der Waals surface area contributed by atoms with Gasteiger partial charge in [-0.2, -0.15) is 10.2 Å². The van der Waals surface area contributed by atoms with E-state index in [0.29, 0.717) is 17.3 Å². The number of nitrogens with zero attached hydrogens (tertiary/aromatic N) is 4. The molecule has 8 heteroatoms. The van der Waals surface area contributed by atoms with E-state index >= 15 is 0 Å². The number of fused-ring (bicyclic) bond motifs is 1. The molecule has 0 aliphatic carbocycles. The van der Waals surface area contributed by atoms with E-state index in [1.807, 2.05) is 44.2 Å². The smallest absolute Gasteiger partial charge is 0.253 e. The molecule has 1 aromatic carbocycles. The molecule has 8 nitrogen and oxygen atoms in total. The number of anilines is 3. The molecular formula is C20H20N6O2. The van der Waals surface area contributed by atoms with Crippen LogP contribution in [0.15, 0.2) is 36.7 Å². The average molecular weight is 376 g/mol. The highest BCUT2D eigenvalue weighted by atomic mass is 16.5. The van der Waals surface area contributed by atoms with Crippen molar-refractivity contribution in [2.45, 2.75) is 33.3 Å². The molecule has 2 N–H and O–H groups in total. The first kappa shape index (κ1) is 19.0. The van der Waals surface area contributed by atoms with Gasteiger partial charge in [0.15, 0.2) is 5.82 Å². The van der Waals surface area contributed by atoms with Crippen LogP contribution in [0.25, 0.3) is 10.8 Å². The molecule has 28 heavy (non-hydrogen) atoms. The lowest BCUT2D eigenvalue weighted by Crippen LogP contribution is -2.13. The fourth-order valence-electron chi connectivity index (χ4n) is 2.53. The number of benzene rings is 1. The van der Waals surface area contributed by atoms with Crippen molar-refractivity contribution in [2.75, 3.05) is 10.6 Å². The maximum Gasteiger partial charge on any atom is 0.253 e. The van der Waals surface area contributed by atoms with Gasteiger partial charge in [-0.15, -0.1) is 0 Å². The number of pyridine rings is 1. The maximum absolute atomic E-state index is 11.4. The van der Waals surface area contributed by atoms with E-state index in [9.17, 15) is 10.1 Å². The van der Waals surface area contributed by atoms with Gasteiger partial charge in [0.25, 0.3) is 5.88 Å². The zero-order valence-electron chi connectivity index (χ0n) is 15.9. The molecule has 0 radical (unpaired) electrons. The number of amides is 1. The molecule has 0 fully saturated rings. The van der Waals surface area contributed by atoms with Crippen molar-refractivity contribution in [1.82, 2.24) is 15.0 Å². The Labute approximate surface area is 162 Å². The Kier molecular flexibility index (Phi) is 5.65. The van der Waals surface area contributed by atoms with E-state index in [0.717, 1.165) is 17.2 Å². The van der Waals surface area contributed by atoms with Gasteiger partial charge in [0, 0.05) is 18.5 Å². The van der Waals surface area contributed by atoms with E-state index in [4.69, 9.17) is 4.74 Å². The molecule has 0 saturated heterocycles. The van der Waals surface area contributed by atoms with Crippen molar-refractivity contribution in [3.05, 3.63) is 42.4 Å². The van der Waals surface area contributed by atoms with Crippen LogP contribution in [-0.2, 0) is 4.79 Å². The molecule has 0 saturated carbocycles. The summed E-state index contributed by atoms with van der Waals surface area (Å²) in [6.07, 6.45) is 3.84. The summed E-state index contributed by atoms with van der Waals surface area (Å²) < 4.78 is 5.69. The normalized spacial score (nSPS) is 11.5. The summed E-state index contributed by atoms with van der Waals surface area (Å²) in [6, 6.07) is 9.44. The average Bonchev–Trinajstić information content (AvgIpc) is 2.68. The minimum absolute atomic E-state index is 0.0809. The van der Waals surface area contributed by atoms with E-state index < -0.39 is 0 Å². The number of nitrogens with one attached hydrogen (secondary N) is 2. The molecule has 0 bridgehead atoms. The molecule has 1 amide bonds. The van der Waals surface area contributed by atoms with Crippen LogP contribution in [0.3, 0.4) is 0 Å². The third-order valence-electron chi connectivity index (χ3n) is 4.07. The topological polar surface area (TPSA) is 113 Å². The Morgan fingerprint density at radius 1 is 1.29 bits per heavy atom. The Morgan fingerprint density at radius 3 is 2.82 bits per heavy atom. The van der Waals surface area contributed by atoms with E-state index in [2.05, 4.69) is 25.6 Å². The Morgan fingerprint density at radius 2 is 2.11 bits per heavy atom. The summed E-state index contributed by atoms with van der Waals surface area (Å²) in [5.41, 5.74) is 0.837. The van der Waals surface area contributed by atoms with Crippen LogP contribution in [0, 0.1) is 11.3 Å². The zero-order chi connectivity index (χ0) is 20.1. The third-order valence-corrected chi connectivity index (χ3v) is 4.07. The molecular weight excluding hydrogens is 356 g/mol. The van der Waals surface area contributed by atoms with E-state index in [-0.39, 0.29) is 23.6 Å². The van der Waals surface area contributed by atoms with Crippen LogP contribution in [-0.4, -0.2) is 27.0 Å². The van der Waals surface area contributed by atoms with Crippen LogP contribution in [0.1, 0.15) is 32.9 Å². The minimum atomic E-state index is -0.142. The number of rotatable bonds is 6. The summed E-state index contributed by atoms with van der Waals surface area (Å²) >= 11 is 0. The highest BCUT2D eigenvalue weighted by Crippen LogP contribution is 2.26. The lowest BCUT2D eigenvalue weighted by Gasteiger charge is -2.13. The van der Waals surface area contributed by atoms with Crippen molar-refractivity contribution in [3.8, 4) is 11.9 Å². The van der Waals surface area contributed by atoms with E-state index in [1.165, 1.54) is 13.1 Å². The molecule has 2 heterocycles. The zero-order valence-corrected chi connectivity index (χ0v) is 15.9. The molecule has 0 spiro atoms. The number of carbonyl (C=O) groups is 1. The maximum atomic E-state index is 11.4. The highest BCUT2D eigenvalue weighted by molar-refractivity contribution is 6.01. The summed E-state index contributed by atoms with van der Waals surface area (Å²) in [4.78, 5) is 24.2. The second-order valence-corrected chi connectivity index (χ2v) is 6.26. The second-order valence-electron chi connectivity index (χ2n) is 6.26. The van der Waals surface area contributed by atoms with Gasteiger partial charge in [0.2, 0.25) is 11.6 Å². The molecule has 2 aromatic heterocycles. The van der Waals surface area contributed by atoms with Gasteiger partial charge in [-0.05, 0) is 30.9 Å². The van der Waals surface area contributed by atoms with Gasteiger partial charge in [-0.25, -0.2) is 9.97 Å². The summed E-state index contributed by atoms with van der Waals surface area (Å²) in [5, 5.41) is 16.8. The molecule has 0 aliphatic heterocycles. The highest BCUT2D eigenvalue weighted by Gasteiger charge is 2.12. The van der Waals surface area contributed by atoms with Crippen LogP contribution in [0.4, 0.5) is 17.3 Å². The van der Waals surface area contributed by atoms with Gasteiger partial charge < -0.3 is 15.4 Å². The number of nitriles is 1. The Bertz CT molecular complexity index is 1060. The number of hydrogen-bond acceptors (Lipinski definition) is 7. The Balaban J connectivity index is 1.89. The van der Waals surface area contributed by atoms with Crippen molar-refractivity contribution in [2.24, 2.45) is 0 Å². The third kappa shape index (κ3) is 4.32. The predicted molar refractivity (Wildman–Crippen MR) is 106 cm³/mol. The van der Waals surface area contributed by atoms with Crippen molar-refractivity contribution in [1.29, 1.82) is 5.26 Å². The fourth-order valence-corrected chi connectivity index (χ4v) is 2.53. The summed E-state index contributed by atoms with van der Waals surface area (Å²) in [5.74, 6) is 1.02. The summed E-state index contributed by atoms with van der Waals surface area (Å²) in [7, 11) is 0. The van der Waals surface area contributed by atoms with Gasteiger partial charge in [0.1, 0.15) is 11.9 Å². The van der Waals surface area contributed by atoms with Crippen LogP contribution in [0.2, 0.25) is 0 Å². The fraction of sp³-hybridized carbons (Fsp3) is 0.250. The monoisotopic (exact) mass is 376 g/mol. The van der Waals surface area contributed by atoms with Crippen molar-refractivity contribution in [3.63, 3.8) is 0 Å². The number of hydrogen-bond donors (Lipinski definition) is 2. The van der Waals surface area contributed by atoms with Crippen molar-refractivity contribution >= 4 is 34.0 Å². The molecule has 1 atom stereocenters. The number of ether oxygens (including phenoxy) is 1. The van der Waals surface area contributed by atoms with Gasteiger partial charge >= 0.3 is 0 Å². The Hall–Kier alpha value is -3.73. The first-order chi connectivity index (χ1) is 13.5. The minimum Gasteiger partial charge on any atom is -0.473 e. The number of aromatic nitrogens is 3. The van der Waals surface area contributed by atoms with Gasteiger partial charge in [0.05, 0.1) is 18.0 Å². The quantitative estimate of drug-likeness (QED) is 0.673. The standard InChI is InChI=1S/C20H20N6O2/c1-4-12(2)28-20-17(9-21)22-11-19(26-20)25-18-8-14-6-5-7-16(24-13(3)27)15(14)10-23-18/h5-8,10-12H,4H2,1-3H3,(H,24,27)(H,23,25,26)/t12-/m1/s1. The molecule has 0 aliphatic rings. The van der Waals surface area contributed by atoms with Crippen LogP contribution in [0.5, 0.6) is 5.88 Å². The lowest BCUT2D eigenvalue weighted by atomic mass is 10.1. The van der Waals surface area contributed by atoms with Crippen LogP contribution < -0.4 is 15.4 Å². The first-order valence-electron chi connectivity index (χ1n) is 8.87. The SMILES string of the molecule is CC[C@@H](C)Oc1nc(Nc2cc3cccc(NC(C)=O)c3cn2)cnc1C#N.